The highest BCUT2D eigenvalue weighted by molar-refractivity contribution is 7.89. The van der Waals surface area contributed by atoms with Crippen LogP contribution in [-0.2, 0) is 10.0 Å². The second kappa shape index (κ2) is 5.88. The van der Waals surface area contributed by atoms with Crippen LogP contribution < -0.4 is 0 Å². The highest BCUT2D eigenvalue weighted by atomic mass is 32.2. The summed E-state index contributed by atoms with van der Waals surface area (Å²) in [6.07, 6.45) is 3.34. The first-order valence-electron chi connectivity index (χ1n) is 6.73. The Morgan fingerprint density at radius 2 is 2.05 bits per heavy atom. The maximum Gasteiger partial charge on any atom is 0.289 e. The summed E-state index contributed by atoms with van der Waals surface area (Å²) in [6, 6.07) is 5.48. The van der Waals surface area contributed by atoms with Crippen LogP contribution in [0.2, 0.25) is 0 Å². The molecule has 1 heterocycles. The molecule has 0 unspecified atom stereocenters. The molecule has 1 atom stereocenters. The van der Waals surface area contributed by atoms with Gasteiger partial charge in [0.05, 0.1) is 4.92 Å². The van der Waals surface area contributed by atoms with E-state index in [4.69, 9.17) is 0 Å². The number of hydrogen-bond acceptors (Lipinski definition) is 4. The minimum Gasteiger partial charge on any atom is -0.258 e. The van der Waals surface area contributed by atoms with Crippen LogP contribution >= 0.6 is 0 Å². The highest BCUT2D eigenvalue weighted by Gasteiger charge is 2.36. The Hall–Kier alpha value is -1.47. The van der Waals surface area contributed by atoms with Crippen molar-refractivity contribution in [2.45, 2.75) is 43.5 Å². The number of hydrogen-bond donors (Lipinski definition) is 0. The molecule has 0 bridgehead atoms. The van der Waals surface area contributed by atoms with Crippen molar-refractivity contribution in [3.8, 4) is 0 Å². The minimum atomic E-state index is -3.81. The van der Waals surface area contributed by atoms with Crippen molar-refractivity contribution in [3.05, 3.63) is 34.4 Å². The van der Waals surface area contributed by atoms with Gasteiger partial charge >= 0.3 is 0 Å². The zero-order valence-electron chi connectivity index (χ0n) is 11.4. The number of nitro groups is 1. The third kappa shape index (κ3) is 2.69. The first-order chi connectivity index (χ1) is 9.48. The van der Waals surface area contributed by atoms with Gasteiger partial charge in [0.15, 0.2) is 4.90 Å². The first kappa shape index (κ1) is 14.9. The fourth-order valence-electron chi connectivity index (χ4n) is 2.65. The van der Waals surface area contributed by atoms with Crippen LogP contribution in [0.1, 0.15) is 32.6 Å². The summed E-state index contributed by atoms with van der Waals surface area (Å²) in [5, 5.41) is 11.0. The van der Waals surface area contributed by atoms with Crippen molar-refractivity contribution in [1.82, 2.24) is 4.31 Å². The Kier molecular flexibility index (Phi) is 4.39. The average Bonchev–Trinajstić information content (AvgIpc) is 2.47. The van der Waals surface area contributed by atoms with Crippen molar-refractivity contribution in [1.29, 1.82) is 0 Å². The molecular weight excluding hydrogens is 280 g/mol. The third-order valence-corrected chi connectivity index (χ3v) is 5.69. The summed E-state index contributed by atoms with van der Waals surface area (Å²) in [6.45, 7) is 2.38. The summed E-state index contributed by atoms with van der Waals surface area (Å²) in [5.41, 5.74) is -0.354. The largest absolute Gasteiger partial charge is 0.289 e. The van der Waals surface area contributed by atoms with Gasteiger partial charge in [0.1, 0.15) is 0 Å². The predicted molar refractivity (Wildman–Crippen MR) is 74.9 cm³/mol. The zero-order valence-corrected chi connectivity index (χ0v) is 12.2. The smallest absolute Gasteiger partial charge is 0.258 e. The molecule has 0 radical (unpaired) electrons. The maximum atomic E-state index is 12.7. The van der Waals surface area contributed by atoms with E-state index in [1.807, 2.05) is 6.92 Å². The standard InChI is InChI=1S/C13H18N2O4S/c1-2-11-7-5-6-10-14(11)20(18,19)13-9-4-3-8-12(13)15(16)17/h3-4,8-9,11H,2,5-7,10H2,1H3/t11-/m1/s1. The van der Waals surface area contributed by atoms with Crippen LogP contribution in [0.3, 0.4) is 0 Å². The third-order valence-electron chi connectivity index (χ3n) is 3.69. The summed E-state index contributed by atoms with van der Waals surface area (Å²) in [7, 11) is -3.81. The number of piperidine rings is 1. The van der Waals surface area contributed by atoms with Gasteiger partial charge in [0, 0.05) is 18.7 Å². The van der Waals surface area contributed by atoms with E-state index < -0.39 is 14.9 Å². The average molecular weight is 298 g/mol. The van der Waals surface area contributed by atoms with E-state index in [1.165, 1.54) is 28.6 Å². The van der Waals surface area contributed by atoms with Gasteiger partial charge in [-0.05, 0) is 25.3 Å². The topological polar surface area (TPSA) is 80.5 Å². The second-order valence-corrected chi connectivity index (χ2v) is 6.76. The van der Waals surface area contributed by atoms with Gasteiger partial charge in [-0.2, -0.15) is 4.31 Å². The van der Waals surface area contributed by atoms with E-state index in [0.29, 0.717) is 6.54 Å². The van der Waals surface area contributed by atoms with Crippen molar-refractivity contribution in [2.24, 2.45) is 0 Å². The van der Waals surface area contributed by atoms with Gasteiger partial charge in [-0.15, -0.1) is 0 Å². The van der Waals surface area contributed by atoms with Gasteiger partial charge in [-0.3, -0.25) is 10.1 Å². The normalized spacial score (nSPS) is 20.8. The van der Waals surface area contributed by atoms with E-state index in [-0.39, 0.29) is 16.6 Å². The molecule has 0 aromatic heterocycles. The van der Waals surface area contributed by atoms with Crippen LogP contribution in [0.5, 0.6) is 0 Å². The lowest BCUT2D eigenvalue weighted by atomic mass is 10.0. The number of sulfonamides is 1. The lowest BCUT2D eigenvalue weighted by Crippen LogP contribution is -2.43. The molecule has 2 rings (SSSR count). The van der Waals surface area contributed by atoms with Gasteiger partial charge in [0.2, 0.25) is 10.0 Å². The number of para-hydroxylation sites is 1. The van der Waals surface area contributed by atoms with Gasteiger partial charge in [-0.1, -0.05) is 25.5 Å². The van der Waals surface area contributed by atoms with Crippen molar-refractivity contribution in [2.75, 3.05) is 6.54 Å². The molecule has 0 aliphatic carbocycles. The summed E-state index contributed by atoms with van der Waals surface area (Å²) in [4.78, 5) is 10.2. The Morgan fingerprint density at radius 1 is 1.35 bits per heavy atom. The van der Waals surface area contributed by atoms with Crippen LogP contribution in [0, 0.1) is 10.1 Å². The molecule has 1 aromatic carbocycles. The Bertz CT molecular complexity index is 600. The molecule has 7 heteroatoms. The van der Waals surface area contributed by atoms with Gasteiger partial charge in [0.25, 0.3) is 5.69 Å². The highest BCUT2D eigenvalue weighted by Crippen LogP contribution is 2.31. The molecular formula is C13H18N2O4S. The van der Waals surface area contributed by atoms with Crippen LogP contribution in [-0.4, -0.2) is 30.2 Å². The quantitative estimate of drug-likeness (QED) is 0.632. The SMILES string of the molecule is CC[C@@H]1CCCCN1S(=O)(=O)c1ccccc1[N+](=O)[O-]. The van der Waals surface area contributed by atoms with E-state index in [0.717, 1.165) is 25.7 Å². The molecule has 0 spiro atoms. The van der Waals surface area contributed by atoms with E-state index in [9.17, 15) is 18.5 Å². The lowest BCUT2D eigenvalue weighted by Gasteiger charge is -2.33. The first-order valence-corrected chi connectivity index (χ1v) is 8.17. The predicted octanol–water partition coefficient (Wildman–Crippen LogP) is 2.55. The molecule has 1 fully saturated rings. The molecule has 1 aliphatic rings. The molecule has 1 aliphatic heterocycles. The molecule has 20 heavy (non-hydrogen) atoms. The van der Waals surface area contributed by atoms with E-state index in [2.05, 4.69) is 0 Å². The van der Waals surface area contributed by atoms with Gasteiger partial charge in [-0.25, -0.2) is 8.42 Å². The fraction of sp³-hybridized carbons (Fsp3) is 0.538. The van der Waals surface area contributed by atoms with Crippen molar-refractivity contribution in [3.63, 3.8) is 0 Å². The fourth-order valence-corrected chi connectivity index (χ4v) is 4.58. The van der Waals surface area contributed by atoms with Crippen LogP contribution in [0.15, 0.2) is 29.2 Å². The summed E-state index contributed by atoms with van der Waals surface area (Å²) < 4.78 is 26.8. The molecule has 6 nitrogen and oxygen atoms in total. The van der Waals surface area contributed by atoms with Crippen molar-refractivity contribution >= 4 is 15.7 Å². The summed E-state index contributed by atoms with van der Waals surface area (Å²) in [5.74, 6) is 0. The maximum absolute atomic E-state index is 12.7. The molecule has 0 amide bonds. The number of nitro benzene ring substituents is 1. The molecule has 0 N–H and O–H groups in total. The number of benzene rings is 1. The van der Waals surface area contributed by atoms with Crippen LogP contribution in [0.25, 0.3) is 0 Å². The molecule has 110 valence electrons. The van der Waals surface area contributed by atoms with E-state index in [1.54, 1.807) is 0 Å². The summed E-state index contributed by atoms with van der Waals surface area (Å²) >= 11 is 0. The van der Waals surface area contributed by atoms with E-state index >= 15 is 0 Å². The van der Waals surface area contributed by atoms with Gasteiger partial charge < -0.3 is 0 Å². The minimum absolute atomic E-state index is 0.0615. The number of nitrogens with zero attached hydrogens (tertiary/aromatic N) is 2. The monoisotopic (exact) mass is 298 g/mol. The Morgan fingerprint density at radius 3 is 2.70 bits per heavy atom. The molecule has 1 saturated heterocycles. The number of rotatable bonds is 4. The molecule has 0 saturated carbocycles. The lowest BCUT2D eigenvalue weighted by molar-refractivity contribution is -0.387. The second-order valence-electron chi connectivity index (χ2n) is 4.90. The Balaban J connectivity index is 2.47. The zero-order chi connectivity index (χ0) is 14.8. The van der Waals surface area contributed by atoms with Crippen molar-refractivity contribution < 1.29 is 13.3 Å². The Labute approximate surface area is 118 Å². The molecule has 1 aromatic rings. The van der Waals surface area contributed by atoms with Crippen LogP contribution in [0.4, 0.5) is 5.69 Å².